The Labute approximate surface area is 149 Å². The fourth-order valence-electron chi connectivity index (χ4n) is 2.68. The molecule has 2 nitrogen and oxygen atoms in total. The average Bonchev–Trinajstić information content (AvgIpc) is 2.66. The number of hydrogen-bond acceptors (Lipinski definition) is 2. The van der Waals surface area contributed by atoms with E-state index in [9.17, 15) is 5.11 Å². The van der Waals surface area contributed by atoms with Crippen LogP contribution in [-0.2, 0) is 0 Å². The van der Waals surface area contributed by atoms with Gasteiger partial charge in [-0.25, -0.2) is 0 Å². The highest BCUT2D eigenvalue weighted by molar-refractivity contribution is 5.57. The van der Waals surface area contributed by atoms with Gasteiger partial charge >= 0.3 is 0 Å². The summed E-state index contributed by atoms with van der Waals surface area (Å²) in [6.45, 7) is 1.73. The quantitative estimate of drug-likeness (QED) is 0.669. The number of para-hydroxylation sites is 1. The van der Waals surface area contributed by atoms with Crippen molar-refractivity contribution in [3.8, 4) is 5.75 Å². The zero-order valence-electron chi connectivity index (χ0n) is 14.2. The lowest BCUT2D eigenvalue weighted by Crippen LogP contribution is -2.10. The van der Waals surface area contributed by atoms with E-state index >= 15 is 0 Å². The topological polar surface area (TPSA) is 29.5 Å². The summed E-state index contributed by atoms with van der Waals surface area (Å²) in [4.78, 5) is 0. The molecule has 0 aliphatic heterocycles. The molecule has 1 N–H and O–H groups in total. The van der Waals surface area contributed by atoms with E-state index in [0.717, 1.165) is 22.4 Å². The first kappa shape index (κ1) is 17.0. The maximum atomic E-state index is 9.51. The lowest BCUT2D eigenvalue weighted by Gasteiger charge is -2.21. The largest absolute Gasteiger partial charge is 0.480 e. The Morgan fingerprint density at radius 2 is 1.28 bits per heavy atom. The van der Waals surface area contributed by atoms with Gasteiger partial charge in [-0.05, 0) is 24.1 Å². The van der Waals surface area contributed by atoms with Crippen molar-refractivity contribution in [2.75, 3.05) is 0 Å². The third-order valence-corrected chi connectivity index (χ3v) is 3.92. The standard InChI is InChI=1S/C23H22O2/c1-18(24)16-17-19-10-8-9-15-22(19)25-23(20-11-4-2-5-12-20)21-13-6-3-7-14-21/h2-18,23-24H,1H3. The van der Waals surface area contributed by atoms with E-state index < -0.39 is 6.10 Å². The molecule has 1 atom stereocenters. The van der Waals surface area contributed by atoms with Crippen LogP contribution in [0.4, 0.5) is 0 Å². The molecule has 0 radical (unpaired) electrons. The molecule has 2 heteroatoms. The molecule has 0 saturated heterocycles. The van der Waals surface area contributed by atoms with Crippen molar-refractivity contribution in [3.63, 3.8) is 0 Å². The summed E-state index contributed by atoms with van der Waals surface area (Å²) in [5.74, 6) is 0.789. The van der Waals surface area contributed by atoms with Gasteiger partial charge in [0.15, 0.2) is 0 Å². The zero-order valence-corrected chi connectivity index (χ0v) is 14.2. The van der Waals surface area contributed by atoms with Crippen LogP contribution < -0.4 is 4.74 Å². The Morgan fingerprint density at radius 1 is 0.760 bits per heavy atom. The minimum Gasteiger partial charge on any atom is -0.480 e. The molecule has 1 unspecified atom stereocenters. The van der Waals surface area contributed by atoms with Gasteiger partial charge in [-0.3, -0.25) is 0 Å². The predicted octanol–water partition coefficient (Wildman–Crippen LogP) is 5.25. The molecule has 0 spiro atoms. The number of ether oxygens (including phenoxy) is 1. The number of hydrogen-bond donors (Lipinski definition) is 1. The van der Waals surface area contributed by atoms with Crippen LogP contribution in [0.3, 0.4) is 0 Å². The Balaban J connectivity index is 1.97. The number of aliphatic hydroxyl groups excluding tert-OH is 1. The average molecular weight is 330 g/mol. The van der Waals surface area contributed by atoms with Crippen LogP contribution in [0, 0.1) is 0 Å². The summed E-state index contributed by atoms with van der Waals surface area (Å²) in [6, 6.07) is 28.3. The van der Waals surface area contributed by atoms with E-state index in [0.29, 0.717) is 0 Å². The normalized spacial score (nSPS) is 12.4. The van der Waals surface area contributed by atoms with E-state index in [1.807, 2.05) is 66.7 Å². The number of rotatable bonds is 6. The molecule has 0 heterocycles. The highest BCUT2D eigenvalue weighted by Gasteiger charge is 2.16. The molecule has 0 aliphatic carbocycles. The molecule has 3 aromatic carbocycles. The second-order valence-corrected chi connectivity index (χ2v) is 5.96. The third kappa shape index (κ3) is 4.59. The van der Waals surface area contributed by atoms with Crippen LogP contribution in [0.2, 0.25) is 0 Å². The molecule has 0 amide bonds. The maximum Gasteiger partial charge on any atom is 0.149 e. The fraction of sp³-hybridized carbons (Fsp3) is 0.130. The lowest BCUT2D eigenvalue weighted by molar-refractivity contribution is 0.244. The molecular weight excluding hydrogens is 308 g/mol. The van der Waals surface area contributed by atoms with Crippen molar-refractivity contribution < 1.29 is 9.84 Å². The smallest absolute Gasteiger partial charge is 0.149 e. The van der Waals surface area contributed by atoms with Gasteiger partial charge in [-0.1, -0.05) is 91.0 Å². The van der Waals surface area contributed by atoms with Crippen LogP contribution in [0.1, 0.15) is 29.7 Å². The Hall–Kier alpha value is -2.84. The maximum absolute atomic E-state index is 9.51. The zero-order chi connectivity index (χ0) is 17.5. The van der Waals surface area contributed by atoms with Crippen molar-refractivity contribution in [2.45, 2.75) is 19.1 Å². The number of aliphatic hydroxyl groups is 1. The van der Waals surface area contributed by atoms with Gasteiger partial charge in [0.05, 0.1) is 6.10 Å². The van der Waals surface area contributed by atoms with Gasteiger partial charge < -0.3 is 9.84 Å². The summed E-state index contributed by atoms with van der Waals surface area (Å²) in [5.41, 5.74) is 3.14. The summed E-state index contributed by atoms with van der Waals surface area (Å²) in [6.07, 6.45) is 2.96. The molecule has 0 saturated carbocycles. The van der Waals surface area contributed by atoms with Crippen molar-refractivity contribution >= 4 is 6.08 Å². The SMILES string of the molecule is CC(O)C=Cc1ccccc1OC(c1ccccc1)c1ccccc1. The van der Waals surface area contributed by atoms with Gasteiger partial charge in [-0.2, -0.15) is 0 Å². The van der Waals surface area contributed by atoms with E-state index in [2.05, 4.69) is 24.3 Å². The van der Waals surface area contributed by atoms with Crippen LogP contribution in [0.25, 0.3) is 6.08 Å². The van der Waals surface area contributed by atoms with E-state index in [-0.39, 0.29) is 6.10 Å². The molecule has 0 fully saturated rings. The monoisotopic (exact) mass is 330 g/mol. The Kier molecular flexibility index (Phi) is 5.65. The minimum atomic E-state index is -0.493. The molecule has 0 aromatic heterocycles. The van der Waals surface area contributed by atoms with E-state index in [1.165, 1.54) is 0 Å². The number of benzene rings is 3. The second kappa shape index (κ2) is 8.32. The van der Waals surface area contributed by atoms with Crippen molar-refractivity contribution in [2.24, 2.45) is 0 Å². The van der Waals surface area contributed by atoms with Gasteiger partial charge in [0, 0.05) is 5.56 Å². The molecule has 3 rings (SSSR count). The van der Waals surface area contributed by atoms with Crippen LogP contribution in [0.15, 0.2) is 91.0 Å². The Morgan fingerprint density at radius 3 is 1.84 bits per heavy atom. The molecule has 126 valence electrons. The summed E-state index contributed by atoms with van der Waals surface area (Å²) in [7, 11) is 0. The van der Waals surface area contributed by atoms with Crippen molar-refractivity contribution in [3.05, 3.63) is 108 Å². The molecule has 3 aromatic rings. The summed E-state index contributed by atoms with van der Waals surface area (Å²) < 4.78 is 6.42. The molecule has 25 heavy (non-hydrogen) atoms. The highest BCUT2D eigenvalue weighted by atomic mass is 16.5. The van der Waals surface area contributed by atoms with Crippen LogP contribution >= 0.6 is 0 Å². The van der Waals surface area contributed by atoms with Gasteiger partial charge in [0.25, 0.3) is 0 Å². The van der Waals surface area contributed by atoms with Gasteiger partial charge in [0.2, 0.25) is 0 Å². The van der Waals surface area contributed by atoms with E-state index in [4.69, 9.17) is 4.74 Å². The molecule has 0 bridgehead atoms. The minimum absolute atomic E-state index is 0.191. The first-order chi connectivity index (χ1) is 12.2. The molecule has 0 aliphatic rings. The third-order valence-electron chi connectivity index (χ3n) is 3.92. The Bertz CT molecular complexity index is 768. The second-order valence-electron chi connectivity index (χ2n) is 5.96. The summed E-state index contributed by atoms with van der Waals surface area (Å²) in [5, 5.41) is 9.51. The molecular formula is C23H22O2. The van der Waals surface area contributed by atoms with E-state index in [1.54, 1.807) is 13.0 Å². The lowest BCUT2D eigenvalue weighted by atomic mass is 10.0. The first-order valence-electron chi connectivity index (χ1n) is 8.46. The first-order valence-corrected chi connectivity index (χ1v) is 8.46. The van der Waals surface area contributed by atoms with Crippen LogP contribution in [-0.4, -0.2) is 11.2 Å². The van der Waals surface area contributed by atoms with Gasteiger partial charge in [0.1, 0.15) is 11.9 Å². The van der Waals surface area contributed by atoms with Crippen molar-refractivity contribution in [1.82, 2.24) is 0 Å². The van der Waals surface area contributed by atoms with Crippen LogP contribution in [0.5, 0.6) is 5.75 Å². The van der Waals surface area contributed by atoms with Crippen molar-refractivity contribution in [1.29, 1.82) is 0 Å². The van der Waals surface area contributed by atoms with Gasteiger partial charge in [-0.15, -0.1) is 0 Å². The summed E-state index contributed by atoms with van der Waals surface area (Å²) >= 11 is 0. The highest BCUT2D eigenvalue weighted by Crippen LogP contribution is 2.31. The fourth-order valence-corrected chi connectivity index (χ4v) is 2.68. The predicted molar refractivity (Wildman–Crippen MR) is 103 cm³/mol.